The van der Waals surface area contributed by atoms with Crippen molar-refractivity contribution in [2.75, 3.05) is 6.61 Å². The predicted octanol–water partition coefficient (Wildman–Crippen LogP) is 2.28. The van der Waals surface area contributed by atoms with E-state index in [2.05, 4.69) is 0 Å². The first-order chi connectivity index (χ1) is 7.13. The van der Waals surface area contributed by atoms with Gasteiger partial charge in [-0.25, -0.2) is 4.79 Å². The monoisotopic (exact) mass is 206 g/mol. The van der Waals surface area contributed by atoms with Gasteiger partial charge in [-0.1, -0.05) is 6.07 Å². The smallest absolute Gasteiger partial charge is 0.330 e. The fourth-order valence-corrected chi connectivity index (χ4v) is 1.20. The van der Waals surface area contributed by atoms with Gasteiger partial charge in [0.15, 0.2) is 0 Å². The van der Waals surface area contributed by atoms with E-state index in [1.54, 1.807) is 31.2 Å². The van der Waals surface area contributed by atoms with Gasteiger partial charge in [-0.2, -0.15) is 0 Å². The van der Waals surface area contributed by atoms with Crippen molar-refractivity contribution in [3.8, 4) is 5.75 Å². The van der Waals surface area contributed by atoms with Crippen LogP contribution in [0.5, 0.6) is 5.75 Å². The van der Waals surface area contributed by atoms with E-state index in [9.17, 15) is 9.90 Å². The summed E-state index contributed by atoms with van der Waals surface area (Å²) in [6.45, 7) is 4.00. The molecule has 0 aliphatic rings. The summed E-state index contributed by atoms with van der Waals surface area (Å²) in [5.41, 5.74) is 1.80. The number of hydrogen-bond acceptors (Lipinski definition) is 3. The molecule has 0 bridgehead atoms. The first-order valence-electron chi connectivity index (χ1n) is 4.78. The number of ether oxygens (including phenoxy) is 1. The van der Waals surface area contributed by atoms with Gasteiger partial charge in [0, 0.05) is 6.08 Å². The Morgan fingerprint density at radius 3 is 2.87 bits per heavy atom. The topological polar surface area (TPSA) is 46.5 Å². The highest BCUT2D eigenvalue weighted by Gasteiger charge is 1.97. The van der Waals surface area contributed by atoms with Crippen molar-refractivity contribution < 1.29 is 14.6 Å². The molecule has 0 atom stereocenters. The van der Waals surface area contributed by atoms with E-state index in [1.807, 2.05) is 6.92 Å². The SMILES string of the molecule is CCOC(=O)/C=C/c1ccc(O)cc1C. The number of aryl methyl sites for hydroxylation is 1. The number of carbonyl (C=O) groups is 1. The van der Waals surface area contributed by atoms with Gasteiger partial charge in [-0.05, 0) is 43.2 Å². The van der Waals surface area contributed by atoms with Crippen LogP contribution in [0.15, 0.2) is 24.3 Å². The number of phenols is 1. The van der Waals surface area contributed by atoms with Gasteiger partial charge in [0.05, 0.1) is 6.61 Å². The van der Waals surface area contributed by atoms with Crippen molar-refractivity contribution in [3.63, 3.8) is 0 Å². The average molecular weight is 206 g/mol. The maximum atomic E-state index is 11.0. The Balaban J connectivity index is 2.76. The minimum Gasteiger partial charge on any atom is -0.508 e. The zero-order chi connectivity index (χ0) is 11.3. The third-order valence-corrected chi connectivity index (χ3v) is 1.94. The van der Waals surface area contributed by atoms with Gasteiger partial charge in [0.25, 0.3) is 0 Å². The summed E-state index contributed by atoms with van der Waals surface area (Å²) in [6.07, 6.45) is 3.05. The van der Waals surface area contributed by atoms with Crippen molar-refractivity contribution in [2.45, 2.75) is 13.8 Å². The van der Waals surface area contributed by atoms with Crippen LogP contribution in [0, 0.1) is 6.92 Å². The Morgan fingerprint density at radius 2 is 2.27 bits per heavy atom. The van der Waals surface area contributed by atoms with E-state index in [0.717, 1.165) is 11.1 Å². The largest absolute Gasteiger partial charge is 0.508 e. The van der Waals surface area contributed by atoms with Crippen LogP contribution in [0.4, 0.5) is 0 Å². The minimum absolute atomic E-state index is 0.223. The molecule has 1 aromatic carbocycles. The molecule has 0 aliphatic heterocycles. The molecule has 0 saturated heterocycles. The lowest BCUT2D eigenvalue weighted by Gasteiger charge is -2.00. The Kier molecular flexibility index (Phi) is 3.92. The van der Waals surface area contributed by atoms with E-state index in [4.69, 9.17) is 4.74 Å². The Bertz CT molecular complexity index is 380. The van der Waals surface area contributed by atoms with Crippen LogP contribution in [0.2, 0.25) is 0 Å². The number of carbonyl (C=O) groups excluding carboxylic acids is 1. The summed E-state index contributed by atoms with van der Waals surface area (Å²) in [5, 5.41) is 9.18. The van der Waals surface area contributed by atoms with Gasteiger partial charge in [-0.15, -0.1) is 0 Å². The Labute approximate surface area is 89.0 Å². The molecule has 80 valence electrons. The molecule has 0 aromatic heterocycles. The first kappa shape index (κ1) is 11.3. The van der Waals surface area contributed by atoms with Crippen LogP contribution in [-0.2, 0) is 9.53 Å². The Hall–Kier alpha value is -1.77. The van der Waals surface area contributed by atoms with E-state index in [-0.39, 0.29) is 11.7 Å². The van der Waals surface area contributed by atoms with Crippen molar-refractivity contribution >= 4 is 12.0 Å². The van der Waals surface area contributed by atoms with Crippen LogP contribution in [-0.4, -0.2) is 17.7 Å². The summed E-state index contributed by atoms with van der Waals surface area (Å²) >= 11 is 0. The maximum absolute atomic E-state index is 11.0. The summed E-state index contributed by atoms with van der Waals surface area (Å²) in [5.74, 6) is -0.134. The number of hydrogen-bond donors (Lipinski definition) is 1. The number of benzene rings is 1. The van der Waals surface area contributed by atoms with Crippen LogP contribution in [0.1, 0.15) is 18.1 Å². The van der Waals surface area contributed by atoms with Gasteiger partial charge in [0.2, 0.25) is 0 Å². The molecule has 0 aliphatic carbocycles. The lowest BCUT2D eigenvalue weighted by Crippen LogP contribution is -1.98. The summed E-state index contributed by atoms with van der Waals surface area (Å²) in [7, 11) is 0. The molecule has 3 heteroatoms. The maximum Gasteiger partial charge on any atom is 0.330 e. The number of esters is 1. The minimum atomic E-state index is -0.357. The molecule has 1 aromatic rings. The molecule has 0 radical (unpaired) electrons. The fourth-order valence-electron chi connectivity index (χ4n) is 1.20. The average Bonchev–Trinajstić information content (AvgIpc) is 2.17. The van der Waals surface area contributed by atoms with Crippen molar-refractivity contribution in [1.29, 1.82) is 0 Å². The number of aromatic hydroxyl groups is 1. The number of rotatable bonds is 3. The van der Waals surface area contributed by atoms with Gasteiger partial charge < -0.3 is 9.84 Å². The quantitative estimate of drug-likeness (QED) is 0.609. The normalized spacial score (nSPS) is 10.5. The molecule has 15 heavy (non-hydrogen) atoms. The van der Waals surface area contributed by atoms with E-state index in [0.29, 0.717) is 6.61 Å². The molecule has 0 saturated carbocycles. The summed E-state index contributed by atoms with van der Waals surface area (Å²) in [6, 6.07) is 4.98. The standard InChI is InChI=1S/C12H14O3/c1-3-15-12(14)7-5-10-4-6-11(13)8-9(10)2/h4-8,13H,3H2,1-2H3/b7-5+. The third kappa shape index (κ3) is 3.46. The lowest BCUT2D eigenvalue weighted by molar-refractivity contribution is -0.137. The highest BCUT2D eigenvalue weighted by atomic mass is 16.5. The van der Waals surface area contributed by atoms with Crippen LogP contribution in [0.3, 0.4) is 0 Å². The van der Waals surface area contributed by atoms with Crippen LogP contribution in [0.25, 0.3) is 6.08 Å². The molecule has 3 nitrogen and oxygen atoms in total. The Morgan fingerprint density at radius 1 is 1.53 bits per heavy atom. The summed E-state index contributed by atoms with van der Waals surface area (Å²) < 4.78 is 4.75. The second-order valence-corrected chi connectivity index (χ2v) is 3.13. The van der Waals surface area contributed by atoms with Gasteiger partial charge in [0.1, 0.15) is 5.75 Å². The molecule has 0 heterocycles. The van der Waals surface area contributed by atoms with Crippen molar-refractivity contribution in [3.05, 3.63) is 35.4 Å². The zero-order valence-corrected chi connectivity index (χ0v) is 8.86. The molecular weight excluding hydrogens is 192 g/mol. The predicted molar refractivity (Wildman–Crippen MR) is 58.5 cm³/mol. The molecule has 1 N–H and O–H groups in total. The van der Waals surface area contributed by atoms with Crippen LogP contribution < -0.4 is 0 Å². The lowest BCUT2D eigenvalue weighted by atomic mass is 10.1. The molecule has 0 amide bonds. The molecule has 0 spiro atoms. The van der Waals surface area contributed by atoms with Gasteiger partial charge in [-0.3, -0.25) is 0 Å². The first-order valence-corrected chi connectivity index (χ1v) is 4.78. The molecule has 1 rings (SSSR count). The molecular formula is C12H14O3. The molecule has 0 unspecified atom stereocenters. The second-order valence-electron chi connectivity index (χ2n) is 3.13. The third-order valence-electron chi connectivity index (χ3n) is 1.94. The highest BCUT2D eigenvalue weighted by Crippen LogP contribution is 2.16. The molecule has 0 fully saturated rings. The van der Waals surface area contributed by atoms with E-state index < -0.39 is 0 Å². The van der Waals surface area contributed by atoms with Crippen LogP contribution >= 0.6 is 0 Å². The zero-order valence-electron chi connectivity index (χ0n) is 8.86. The van der Waals surface area contributed by atoms with E-state index in [1.165, 1.54) is 6.08 Å². The highest BCUT2D eigenvalue weighted by molar-refractivity contribution is 5.87. The van der Waals surface area contributed by atoms with Gasteiger partial charge >= 0.3 is 5.97 Å². The number of phenolic OH excluding ortho intramolecular Hbond substituents is 1. The van der Waals surface area contributed by atoms with Crippen molar-refractivity contribution in [1.82, 2.24) is 0 Å². The van der Waals surface area contributed by atoms with E-state index >= 15 is 0 Å². The second kappa shape index (κ2) is 5.20. The summed E-state index contributed by atoms with van der Waals surface area (Å²) in [4.78, 5) is 11.0. The fraction of sp³-hybridized carbons (Fsp3) is 0.250. The van der Waals surface area contributed by atoms with Crippen molar-refractivity contribution in [2.24, 2.45) is 0 Å².